The van der Waals surface area contributed by atoms with Gasteiger partial charge in [-0.3, -0.25) is 9.97 Å². The molecule has 6 aromatic carbocycles. The van der Waals surface area contributed by atoms with Crippen molar-refractivity contribution in [1.82, 2.24) is 9.97 Å². The Balaban J connectivity index is 1.41. The molecule has 8 rings (SSSR count). The number of pyridine rings is 2. The Morgan fingerprint density at radius 1 is 0.333 bits per heavy atom. The number of fused-ring (bicyclic) bond motifs is 3. The van der Waals surface area contributed by atoms with Gasteiger partial charge >= 0.3 is 0 Å². The first-order chi connectivity index (χ1) is 20.8. The van der Waals surface area contributed by atoms with E-state index in [1.54, 1.807) is 0 Å². The van der Waals surface area contributed by atoms with Gasteiger partial charge < -0.3 is 0 Å². The van der Waals surface area contributed by atoms with Crippen molar-refractivity contribution in [3.8, 4) is 44.8 Å². The maximum absolute atomic E-state index is 4.88. The minimum absolute atomic E-state index is 0.924. The Morgan fingerprint density at radius 3 is 1.74 bits per heavy atom. The molecule has 0 atom stereocenters. The van der Waals surface area contributed by atoms with Crippen molar-refractivity contribution in [2.45, 2.75) is 0 Å². The van der Waals surface area contributed by atoms with Gasteiger partial charge in [-0.05, 0) is 91.0 Å². The van der Waals surface area contributed by atoms with Crippen LogP contribution in [-0.4, -0.2) is 9.97 Å². The molecule has 2 aromatic heterocycles. The molecule has 2 nitrogen and oxygen atoms in total. The molecule has 0 aliphatic rings. The second-order valence-corrected chi connectivity index (χ2v) is 10.6. The van der Waals surface area contributed by atoms with Crippen molar-refractivity contribution in [3.05, 3.63) is 158 Å². The molecule has 42 heavy (non-hydrogen) atoms. The van der Waals surface area contributed by atoms with Gasteiger partial charge in [-0.15, -0.1) is 0 Å². The van der Waals surface area contributed by atoms with Crippen molar-refractivity contribution in [1.29, 1.82) is 0 Å². The number of hydrogen-bond donors (Lipinski definition) is 0. The standard InChI is InChI=1S/C40H26N2/c1-2-11-28(12-3-1)39-33-14-6-7-15-34(33)40(31-18-17-27-10-4-5-13-29(27)24-31)36-25-30(19-21-35(36)39)38-22-20-32(26-42-38)37-16-8-9-23-41-37/h1-26H. The summed E-state index contributed by atoms with van der Waals surface area (Å²) < 4.78 is 0. The SMILES string of the molecule is c1ccc(-c2c3ccccc3c(-c3ccc4ccccc4c3)c3cc(-c4ccc(-c5ccccn5)cn4)ccc23)cc1. The van der Waals surface area contributed by atoms with Gasteiger partial charge in [0.2, 0.25) is 0 Å². The molecule has 0 aliphatic carbocycles. The van der Waals surface area contributed by atoms with E-state index in [0.717, 1.165) is 22.5 Å². The molecular formula is C40H26N2. The van der Waals surface area contributed by atoms with E-state index in [2.05, 4.69) is 132 Å². The van der Waals surface area contributed by atoms with Crippen molar-refractivity contribution in [2.75, 3.05) is 0 Å². The van der Waals surface area contributed by atoms with Crippen molar-refractivity contribution in [3.63, 3.8) is 0 Å². The molecule has 2 heterocycles. The zero-order valence-corrected chi connectivity index (χ0v) is 22.9. The summed E-state index contributed by atoms with van der Waals surface area (Å²) in [5.41, 5.74) is 8.90. The molecule has 2 heteroatoms. The van der Waals surface area contributed by atoms with E-state index in [0.29, 0.717) is 0 Å². The van der Waals surface area contributed by atoms with Gasteiger partial charge in [0, 0.05) is 23.5 Å². The van der Waals surface area contributed by atoms with Crippen LogP contribution in [0, 0.1) is 0 Å². The number of nitrogens with zero attached hydrogens (tertiary/aromatic N) is 2. The molecule has 0 radical (unpaired) electrons. The van der Waals surface area contributed by atoms with Crippen LogP contribution < -0.4 is 0 Å². The molecule has 0 spiro atoms. The first-order valence-corrected chi connectivity index (χ1v) is 14.2. The minimum Gasteiger partial charge on any atom is -0.256 e. The van der Waals surface area contributed by atoms with Crippen LogP contribution in [-0.2, 0) is 0 Å². The quantitative estimate of drug-likeness (QED) is 0.210. The average molecular weight is 535 g/mol. The first kappa shape index (κ1) is 24.2. The van der Waals surface area contributed by atoms with Gasteiger partial charge in [-0.1, -0.05) is 109 Å². The molecule has 0 bridgehead atoms. The summed E-state index contributed by atoms with van der Waals surface area (Å²) in [6.07, 6.45) is 3.73. The smallest absolute Gasteiger partial charge is 0.0717 e. The van der Waals surface area contributed by atoms with Crippen LogP contribution >= 0.6 is 0 Å². The molecule has 0 amide bonds. The van der Waals surface area contributed by atoms with Gasteiger partial charge in [0.25, 0.3) is 0 Å². The lowest BCUT2D eigenvalue weighted by atomic mass is 9.85. The highest BCUT2D eigenvalue weighted by Crippen LogP contribution is 2.45. The second-order valence-electron chi connectivity index (χ2n) is 10.6. The molecule has 0 N–H and O–H groups in total. The first-order valence-electron chi connectivity index (χ1n) is 14.2. The van der Waals surface area contributed by atoms with Crippen LogP contribution in [0.3, 0.4) is 0 Å². The van der Waals surface area contributed by atoms with Crippen LogP contribution in [0.15, 0.2) is 158 Å². The molecule has 0 saturated heterocycles. The summed E-state index contributed by atoms with van der Waals surface area (Å²) in [6, 6.07) is 51.9. The fraction of sp³-hybridized carbons (Fsp3) is 0. The highest BCUT2D eigenvalue weighted by atomic mass is 14.7. The van der Waals surface area contributed by atoms with Crippen LogP contribution in [0.1, 0.15) is 0 Å². The third-order valence-electron chi connectivity index (χ3n) is 8.14. The second kappa shape index (κ2) is 10.1. The zero-order valence-electron chi connectivity index (χ0n) is 22.9. The average Bonchev–Trinajstić information content (AvgIpc) is 3.07. The van der Waals surface area contributed by atoms with E-state index in [-0.39, 0.29) is 0 Å². The molecule has 8 aromatic rings. The monoisotopic (exact) mass is 534 g/mol. The van der Waals surface area contributed by atoms with Crippen LogP contribution in [0.5, 0.6) is 0 Å². The van der Waals surface area contributed by atoms with Gasteiger partial charge in [0.1, 0.15) is 0 Å². The van der Waals surface area contributed by atoms with Gasteiger partial charge in [0.15, 0.2) is 0 Å². The Labute approximate surface area is 244 Å². The molecule has 196 valence electrons. The molecule has 0 saturated carbocycles. The van der Waals surface area contributed by atoms with Crippen molar-refractivity contribution >= 4 is 32.3 Å². The van der Waals surface area contributed by atoms with Crippen molar-refractivity contribution in [2.24, 2.45) is 0 Å². The van der Waals surface area contributed by atoms with Crippen LogP contribution in [0.25, 0.3) is 77.1 Å². The predicted molar refractivity (Wildman–Crippen MR) is 176 cm³/mol. The Bertz CT molecular complexity index is 2220. The summed E-state index contributed by atoms with van der Waals surface area (Å²) in [5.74, 6) is 0. The molecule has 0 aliphatic heterocycles. The normalized spacial score (nSPS) is 11.3. The van der Waals surface area contributed by atoms with E-state index < -0.39 is 0 Å². The topological polar surface area (TPSA) is 25.8 Å². The summed E-state index contributed by atoms with van der Waals surface area (Å²) in [4.78, 5) is 9.36. The van der Waals surface area contributed by atoms with E-state index in [9.17, 15) is 0 Å². The lowest BCUT2D eigenvalue weighted by molar-refractivity contribution is 1.28. The Hall–Kier alpha value is -5.60. The Morgan fingerprint density at radius 2 is 0.976 bits per heavy atom. The highest BCUT2D eigenvalue weighted by molar-refractivity contribution is 6.22. The van der Waals surface area contributed by atoms with E-state index >= 15 is 0 Å². The van der Waals surface area contributed by atoms with Crippen molar-refractivity contribution < 1.29 is 0 Å². The van der Waals surface area contributed by atoms with E-state index in [1.807, 2.05) is 30.6 Å². The maximum Gasteiger partial charge on any atom is 0.0717 e. The predicted octanol–water partition coefficient (Wildman–Crippen LogP) is 10.6. The molecular weight excluding hydrogens is 508 g/mol. The third-order valence-corrected chi connectivity index (χ3v) is 8.14. The maximum atomic E-state index is 4.88. The summed E-state index contributed by atoms with van der Waals surface area (Å²) in [5, 5.41) is 7.43. The fourth-order valence-corrected chi connectivity index (χ4v) is 6.16. The van der Waals surface area contributed by atoms with Gasteiger partial charge in [-0.25, -0.2) is 0 Å². The lowest BCUT2D eigenvalue weighted by Gasteiger charge is -2.19. The van der Waals surface area contributed by atoms with Crippen LogP contribution in [0.4, 0.5) is 0 Å². The number of benzene rings is 6. The zero-order chi connectivity index (χ0) is 27.9. The van der Waals surface area contributed by atoms with Crippen LogP contribution in [0.2, 0.25) is 0 Å². The highest BCUT2D eigenvalue weighted by Gasteiger charge is 2.18. The summed E-state index contributed by atoms with van der Waals surface area (Å²) in [7, 11) is 0. The lowest BCUT2D eigenvalue weighted by Crippen LogP contribution is -1.92. The largest absolute Gasteiger partial charge is 0.256 e. The summed E-state index contributed by atoms with van der Waals surface area (Å²) >= 11 is 0. The van der Waals surface area contributed by atoms with E-state index in [4.69, 9.17) is 4.98 Å². The number of rotatable bonds is 4. The molecule has 0 unspecified atom stereocenters. The van der Waals surface area contributed by atoms with Gasteiger partial charge in [-0.2, -0.15) is 0 Å². The van der Waals surface area contributed by atoms with E-state index in [1.165, 1.54) is 54.6 Å². The summed E-state index contributed by atoms with van der Waals surface area (Å²) in [6.45, 7) is 0. The fourth-order valence-electron chi connectivity index (χ4n) is 6.16. The minimum atomic E-state index is 0.924. The van der Waals surface area contributed by atoms with Gasteiger partial charge in [0.05, 0.1) is 11.4 Å². The number of aromatic nitrogens is 2. The molecule has 0 fully saturated rings. The Kier molecular flexibility index (Phi) is 5.82. The number of hydrogen-bond acceptors (Lipinski definition) is 2. The third kappa shape index (κ3) is 4.13.